The molecule has 2 amide bonds. The van der Waals surface area contributed by atoms with Gasteiger partial charge in [0.2, 0.25) is 11.8 Å². The summed E-state index contributed by atoms with van der Waals surface area (Å²) in [6.07, 6.45) is 0. The van der Waals surface area contributed by atoms with Crippen LogP contribution in [0.15, 0.2) is 0 Å². The van der Waals surface area contributed by atoms with Gasteiger partial charge in [-0.2, -0.15) is 0 Å². The van der Waals surface area contributed by atoms with E-state index >= 15 is 0 Å². The van der Waals surface area contributed by atoms with Gasteiger partial charge >= 0.3 is 0 Å². The van der Waals surface area contributed by atoms with Crippen LogP contribution in [-0.2, 0) is 9.59 Å². The number of carbonyl (C=O) groups is 2. The first kappa shape index (κ1) is 12.9. The SMILES string of the molecule is CN(C)C(=O)CNCC(C)(C)C(N)=O. The highest BCUT2D eigenvalue weighted by Gasteiger charge is 2.24. The van der Waals surface area contributed by atoms with Crippen LogP contribution < -0.4 is 11.1 Å². The molecule has 0 rings (SSSR count). The largest absolute Gasteiger partial charge is 0.369 e. The first-order valence-corrected chi connectivity index (χ1v) is 4.48. The van der Waals surface area contributed by atoms with Gasteiger partial charge in [0, 0.05) is 20.6 Å². The smallest absolute Gasteiger partial charge is 0.236 e. The number of hydrogen-bond acceptors (Lipinski definition) is 3. The van der Waals surface area contributed by atoms with E-state index in [1.807, 2.05) is 0 Å². The van der Waals surface area contributed by atoms with E-state index in [1.165, 1.54) is 4.90 Å². The molecule has 0 aromatic rings. The second-order valence-electron chi connectivity index (χ2n) is 4.14. The Bertz CT molecular complexity index is 224. The van der Waals surface area contributed by atoms with Gasteiger partial charge in [0.25, 0.3) is 0 Å². The molecule has 14 heavy (non-hydrogen) atoms. The van der Waals surface area contributed by atoms with E-state index in [4.69, 9.17) is 5.73 Å². The van der Waals surface area contributed by atoms with Gasteiger partial charge in [0.1, 0.15) is 0 Å². The van der Waals surface area contributed by atoms with Crippen LogP contribution in [0.2, 0.25) is 0 Å². The summed E-state index contributed by atoms with van der Waals surface area (Å²) in [5.41, 5.74) is 4.55. The van der Waals surface area contributed by atoms with E-state index in [0.717, 1.165) is 0 Å². The molecule has 0 aromatic carbocycles. The Balaban J connectivity index is 3.85. The lowest BCUT2D eigenvalue weighted by molar-refractivity contribution is -0.129. The number of hydrogen-bond donors (Lipinski definition) is 2. The van der Waals surface area contributed by atoms with Crippen molar-refractivity contribution in [3.63, 3.8) is 0 Å². The molecule has 0 unspecified atom stereocenters. The quantitative estimate of drug-likeness (QED) is 0.610. The van der Waals surface area contributed by atoms with Gasteiger partial charge in [-0.25, -0.2) is 0 Å². The van der Waals surface area contributed by atoms with E-state index in [-0.39, 0.29) is 18.4 Å². The van der Waals surface area contributed by atoms with Crippen LogP contribution in [0.3, 0.4) is 0 Å². The van der Waals surface area contributed by atoms with Gasteiger partial charge < -0.3 is 16.0 Å². The molecule has 0 aliphatic rings. The molecule has 0 fully saturated rings. The minimum Gasteiger partial charge on any atom is -0.369 e. The van der Waals surface area contributed by atoms with E-state index in [0.29, 0.717) is 6.54 Å². The highest BCUT2D eigenvalue weighted by Crippen LogP contribution is 2.11. The molecule has 0 saturated heterocycles. The summed E-state index contributed by atoms with van der Waals surface area (Å²) in [4.78, 5) is 23.6. The van der Waals surface area contributed by atoms with Crippen LogP contribution in [0.5, 0.6) is 0 Å². The van der Waals surface area contributed by atoms with Gasteiger partial charge in [-0.05, 0) is 13.8 Å². The Morgan fingerprint density at radius 1 is 1.36 bits per heavy atom. The third-order valence-corrected chi connectivity index (χ3v) is 2.01. The van der Waals surface area contributed by atoms with Gasteiger partial charge in [0.05, 0.1) is 12.0 Å². The first-order chi connectivity index (χ1) is 6.27. The molecule has 0 saturated carbocycles. The molecule has 0 atom stereocenters. The van der Waals surface area contributed by atoms with Crippen molar-refractivity contribution < 1.29 is 9.59 Å². The van der Waals surface area contributed by atoms with E-state index < -0.39 is 5.41 Å². The summed E-state index contributed by atoms with van der Waals surface area (Å²) in [6, 6.07) is 0. The van der Waals surface area contributed by atoms with Crippen molar-refractivity contribution in [3.8, 4) is 0 Å². The minimum absolute atomic E-state index is 0.0229. The Morgan fingerprint density at radius 3 is 2.21 bits per heavy atom. The molecule has 82 valence electrons. The fourth-order valence-corrected chi connectivity index (χ4v) is 0.727. The summed E-state index contributed by atoms with van der Waals surface area (Å²) in [6.45, 7) is 4.11. The fraction of sp³-hybridized carbons (Fsp3) is 0.778. The molecular weight excluding hydrogens is 182 g/mol. The zero-order valence-corrected chi connectivity index (χ0v) is 9.26. The summed E-state index contributed by atoms with van der Waals surface area (Å²) < 4.78 is 0. The third-order valence-electron chi connectivity index (χ3n) is 2.01. The lowest BCUT2D eigenvalue weighted by Crippen LogP contribution is -2.43. The minimum atomic E-state index is -0.618. The van der Waals surface area contributed by atoms with E-state index in [2.05, 4.69) is 5.32 Å². The van der Waals surface area contributed by atoms with Crippen molar-refractivity contribution in [2.45, 2.75) is 13.8 Å². The zero-order chi connectivity index (χ0) is 11.4. The normalized spacial score (nSPS) is 11.1. The first-order valence-electron chi connectivity index (χ1n) is 4.48. The maximum atomic E-state index is 11.1. The van der Waals surface area contributed by atoms with Crippen molar-refractivity contribution in [1.82, 2.24) is 10.2 Å². The van der Waals surface area contributed by atoms with Crippen LogP contribution in [0.1, 0.15) is 13.8 Å². The second-order valence-corrected chi connectivity index (χ2v) is 4.14. The number of carbonyl (C=O) groups excluding carboxylic acids is 2. The Kier molecular flexibility index (Phi) is 4.56. The fourth-order valence-electron chi connectivity index (χ4n) is 0.727. The lowest BCUT2D eigenvalue weighted by Gasteiger charge is -2.21. The molecule has 5 heteroatoms. The summed E-state index contributed by atoms with van der Waals surface area (Å²) in [5, 5.41) is 2.90. The number of nitrogens with zero attached hydrogens (tertiary/aromatic N) is 1. The van der Waals surface area contributed by atoms with Crippen molar-refractivity contribution in [2.24, 2.45) is 11.1 Å². The molecule has 0 spiro atoms. The summed E-state index contributed by atoms with van der Waals surface area (Å²) in [5.74, 6) is -0.396. The number of likely N-dealkylation sites (N-methyl/N-ethyl adjacent to an activating group) is 1. The van der Waals surface area contributed by atoms with E-state index in [1.54, 1.807) is 27.9 Å². The predicted octanol–water partition coefficient (Wildman–Crippen LogP) is -0.824. The topological polar surface area (TPSA) is 75.4 Å². The predicted molar refractivity (Wildman–Crippen MR) is 54.5 cm³/mol. The number of nitrogens with one attached hydrogen (secondary N) is 1. The summed E-state index contributed by atoms with van der Waals surface area (Å²) in [7, 11) is 3.37. The summed E-state index contributed by atoms with van der Waals surface area (Å²) >= 11 is 0. The zero-order valence-electron chi connectivity index (χ0n) is 9.26. The second kappa shape index (κ2) is 4.95. The maximum Gasteiger partial charge on any atom is 0.236 e. The van der Waals surface area contributed by atoms with Crippen LogP contribution >= 0.6 is 0 Å². The van der Waals surface area contributed by atoms with Gasteiger partial charge in [0.15, 0.2) is 0 Å². The lowest BCUT2D eigenvalue weighted by atomic mass is 9.93. The monoisotopic (exact) mass is 201 g/mol. The highest BCUT2D eigenvalue weighted by atomic mass is 16.2. The molecule has 5 nitrogen and oxygen atoms in total. The average Bonchev–Trinajstić information content (AvgIpc) is 2.03. The van der Waals surface area contributed by atoms with Crippen molar-refractivity contribution in [1.29, 1.82) is 0 Å². The molecule has 0 heterocycles. The molecule has 0 aliphatic carbocycles. The number of primary amides is 1. The Hall–Kier alpha value is -1.10. The maximum absolute atomic E-state index is 11.1. The van der Waals surface area contributed by atoms with E-state index in [9.17, 15) is 9.59 Å². The van der Waals surface area contributed by atoms with Gasteiger partial charge in [-0.3, -0.25) is 9.59 Å². The molecular formula is C9H19N3O2. The van der Waals surface area contributed by atoms with Crippen LogP contribution in [0, 0.1) is 5.41 Å². The molecule has 0 bridgehead atoms. The molecule has 0 radical (unpaired) electrons. The van der Waals surface area contributed by atoms with Crippen LogP contribution in [-0.4, -0.2) is 43.9 Å². The van der Waals surface area contributed by atoms with Gasteiger partial charge in [-0.1, -0.05) is 0 Å². The molecule has 0 aromatic heterocycles. The Morgan fingerprint density at radius 2 is 1.86 bits per heavy atom. The van der Waals surface area contributed by atoms with Crippen molar-refractivity contribution >= 4 is 11.8 Å². The van der Waals surface area contributed by atoms with Crippen LogP contribution in [0.25, 0.3) is 0 Å². The van der Waals surface area contributed by atoms with Crippen molar-refractivity contribution in [3.05, 3.63) is 0 Å². The van der Waals surface area contributed by atoms with Crippen molar-refractivity contribution in [2.75, 3.05) is 27.2 Å². The number of nitrogens with two attached hydrogens (primary N) is 1. The number of amides is 2. The van der Waals surface area contributed by atoms with Gasteiger partial charge in [-0.15, -0.1) is 0 Å². The number of rotatable bonds is 5. The standard InChI is InChI=1S/C9H19N3O2/c1-9(2,8(10)14)6-11-5-7(13)12(3)4/h11H,5-6H2,1-4H3,(H2,10,14). The molecule has 0 aliphatic heterocycles. The van der Waals surface area contributed by atoms with Crippen LogP contribution in [0.4, 0.5) is 0 Å². The Labute approximate surface area is 84.6 Å². The average molecular weight is 201 g/mol. The highest BCUT2D eigenvalue weighted by molar-refractivity contribution is 5.80. The third kappa shape index (κ3) is 4.23. The molecule has 3 N–H and O–H groups in total.